The highest BCUT2D eigenvalue weighted by atomic mass is 16.5. The van der Waals surface area contributed by atoms with Crippen LogP contribution < -0.4 is 15.0 Å². The maximum atomic E-state index is 12.7. The summed E-state index contributed by atoms with van der Waals surface area (Å²) < 4.78 is 5.35. The summed E-state index contributed by atoms with van der Waals surface area (Å²) in [6.07, 6.45) is 1.92. The number of aromatic nitrogens is 1. The SMILES string of the molecule is CCc1ccc(NC(=O)c2ccc(N3CCc4cc5ccc(OC)cc5nc43)cc2)cc1. The maximum Gasteiger partial charge on any atom is 0.255 e. The number of hydrogen-bond donors (Lipinski definition) is 1. The van der Waals surface area contributed by atoms with Gasteiger partial charge >= 0.3 is 0 Å². The molecule has 0 fully saturated rings. The van der Waals surface area contributed by atoms with Crippen molar-refractivity contribution in [3.05, 3.63) is 89.5 Å². The van der Waals surface area contributed by atoms with Crippen molar-refractivity contribution in [2.24, 2.45) is 0 Å². The van der Waals surface area contributed by atoms with Gasteiger partial charge in [0.25, 0.3) is 5.91 Å². The monoisotopic (exact) mass is 423 g/mol. The number of pyridine rings is 1. The summed E-state index contributed by atoms with van der Waals surface area (Å²) in [5.74, 6) is 1.66. The van der Waals surface area contributed by atoms with E-state index >= 15 is 0 Å². The van der Waals surface area contributed by atoms with Crippen LogP contribution in [0.4, 0.5) is 17.2 Å². The van der Waals surface area contributed by atoms with Gasteiger partial charge in [-0.2, -0.15) is 0 Å². The fraction of sp³-hybridized carbons (Fsp3) is 0.185. The maximum absolute atomic E-state index is 12.7. The van der Waals surface area contributed by atoms with Crippen molar-refractivity contribution in [2.45, 2.75) is 19.8 Å². The number of benzene rings is 3. The van der Waals surface area contributed by atoms with Crippen LogP contribution in [0, 0.1) is 0 Å². The first kappa shape index (κ1) is 20.1. The van der Waals surface area contributed by atoms with Gasteiger partial charge in [0.05, 0.1) is 12.6 Å². The number of ether oxygens (including phenoxy) is 1. The Balaban J connectivity index is 1.36. The Morgan fingerprint density at radius 3 is 2.53 bits per heavy atom. The van der Waals surface area contributed by atoms with E-state index in [2.05, 4.69) is 23.2 Å². The van der Waals surface area contributed by atoms with E-state index in [1.807, 2.05) is 66.7 Å². The molecule has 2 heterocycles. The van der Waals surface area contributed by atoms with Gasteiger partial charge in [0.15, 0.2) is 0 Å². The number of aryl methyl sites for hydroxylation is 1. The van der Waals surface area contributed by atoms with Crippen LogP contribution in [-0.4, -0.2) is 24.5 Å². The second-order valence-electron chi connectivity index (χ2n) is 7.98. The molecule has 0 unspecified atom stereocenters. The molecule has 5 heteroatoms. The Hall–Kier alpha value is -3.86. The van der Waals surface area contributed by atoms with Crippen LogP contribution in [0.5, 0.6) is 5.75 Å². The molecule has 1 aliphatic heterocycles. The molecule has 0 atom stereocenters. The lowest BCUT2D eigenvalue weighted by Gasteiger charge is -2.19. The predicted molar refractivity (Wildman–Crippen MR) is 129 cm³/mol. The number of carbonyl (C=O) groups excluding carboxylic acids is 1. The number of nitrogens with zero attached hydrogens (tertiary/aromatic N) is 2. The molecular weight excluding hydrogens is 398 g/mol. The number of nitrogens with one attached hydrogen (secondary N) is 1. The first-order valence-electron chi connectivity index (χ1n) is 10.9. The van der Waals surface area contributed by atoms with Gasteiger partial charge in [0.1, 0.15) is 11.6 Å². The largest absolute Gasteiger partial charge is 0.497 e. The van der Waals surface area contributed by atoms with E-state index in [0.717, 1.165) is 53.2 Å². The van der Waals surface area contributed by atoms with Crippen molar-refractivity contribution >= 4 is 34.0 Å². The zero-order chi connectivity index (χ0) is 22.1. The molecule has 5 nitrogen and oxygen atoms in total. The first-order valence-corrected chi connectivity index (χ1v) is 10.9. The van der Waals surface area contributed by atoms with Crippen LogP contribution in [0.15, 0.2) is 72.8 Å². The van der Waals surface area contributed by atoms with Gasteiger partial charge in [-0.15, -0.1) is 0 Å². The molecular formula is C27H25N3O2. The molecule has 4 aromatic rings. The van der Waals surface area contributed by atoms with Crippen molar-refractivity contribution in [3.8, 4) is 5.75 Å². The summed E-state index contributed by atoms with van der Waals surface area (Å²) in [7, 11) is 1.67. The molecule has 0 bridgehead atoms. The molecule has 0 aliphatic carbocycles. The van der Waals surface area contributed by atoms with Crippen molar-refractivity contribution in [2.75, 3.05) is 23.9 Å². The highest BCUT2D eigenvalue weighted by Gasteiger charge is 2.23. The highest BCUT2D eigenvalue weighted by molar-refractivity contribution is 6.04. The van der Waals surface area contributed by atoms with Gasteiger partial charge in [-0.25, -0.2) is 4.98 Å². The summed E-state index contributed by atoms with van der Waals surface area (Å²) in [6.45, 7) is 2.98. The van der Waals surface area contributed by atoms with Gasteiger partial charge in [-0.1, -0.05) is 19.1 Å². The Morgan fingerprint density at radius 2 is 1.81 bits per heavy atom. The van der Waals surface area contributed by atoms with Gasteiger partial charge in [0.2, 0.25) is 0 Å². The molecule has 0 saturated carbocycles. The van der Waals surface area contributed by atoms with Gasteiger partial charge in [0, 0.05) is 34.9 Å². The average molecular weight is 424 g/mol. The van der Waals surface area contributed by atoms with Crippen molar-refractivity contribution < 1.29 is 9.53 Å². The van der Waals surface area contributed by atoms with E-state index in [9.17, 15) is 4.79 Å². The van der Waals surface area contributed by atoms with Gasteiger partial charge < -0.3 is 15.0 Å². The normalized spacial score (nSPS) is 12.6. The quantitative estimate of drug-likeness (QED) is 0.444. The highest BCUT2D eigenvalue weighted by Crippen LogP contribution is 2.35. The number of carbonyl (C=O) groups is 1. The zero-order valence-corrected chi connectivity index (χ0v) is 18.3. The summed E-state index contributed by atoms with van der Waals surface area (Å²) in [5, 5.41) is 4.08. The Morgan fingerprint density at radius 1 is 1.03 bits per heavy atom. The third-order valence-electron chi connectivity index (χ3n) is 6.00. The van der Waals surface area contributed by atoms with Crippen molar-refractivity contribution in [1.29, 1.82) is 0 Å². The minimum absolute atomic E-state index is 0.112. The second-order valence-corrected chi connectivity index (χ2v) is 7.98. The minimum Gasteiger partial charge on any atom is -0.497 e. The molecule has 1 amide bonds. The lowest BCUT2D eigenvalue weighted by Crippen LogP contribution is -2.15. The van der Waals surface area contributed by atoms with Crippen molar-refractivity contribution in [3.63, 3.8) is 0 Å². The van der Waals surface area contributed by atoms with E-state index in [1.54, 1.807) is 7.11 Å². The summed E-state index contributed by atoms with van der Waals surface area (Å²) in [6, 6.07) is 23.9. The number of methoxy groups -OCH3 is 1. The number of hydrogen-bond acceptors (Lipinski definition) is 4. The molecule has 1 N–H and O–H groups in total. The molecule has 1 aromatic heterocycles. The molecule has 32 heavy (non-hydrogen) atoms. The first-order chi connectivity index (χ1) is 15.6. The lowest BCUT2D eigenvalue weighted by molar-refractivity contribution is 0.102. The fourth-order valence-electron chi connectivity index (χ4n) is 4.13. The predicted octanol–water partition coefficient (Wildman–Crippen LogP) is 5.75. The van der Waals surface area contributed by atoms with E-state index in [-0.39, 0.29) is 5.91 Å². The van der Waals surface area contributed by atoms with Gasteiger partial charge in [-0.05, 0) is 78.6 Å². The molecule has 3 aromatic carbocycles. The Kier molecular flexibility index (Phi) is 5.23. The van der Waals surface area contributed by atoms with Gasteiger partial charge in [-0.3, -0.25) is 4.79 Å². The molecule has 0 radical (unpaired) electrons. The fourth-order valence-corrected chi connectivity index (χ4v) is 4.13. The van der Waals surface area contributed by atoms with E-state index in [1.165, 1.54) is 11.1 Å². The molecule has 0 spiro atoms. The third kappa shape index (κ3) is 3.78. The smallest absolute Gasteiger partial charge is 0.255 e. The number of anilines is 3. The minimum atomic E-state index is -0.112. The Bertz CT molecular complexity index is 1280. The molecule has 160 valence electrons. The standard InChI is InChI=1S/C27H25N3O2/c1-3-18-4-9-22(10-5-18)28-27(31)19-6-11-23(12-7-19)30-15-14-21-16-20-8-13-24(32-2)17-25(20)29-26(21)30/h4-13,16-17H,3,14-15H2,1-2H3,(H,28,31). The topological polar surface area (TPSA) is 54.5 Å². The van der Waals surface area contributed by atoms with Crippen LogP contribution in [0.1, 0.15) is 28.4 Å². The van der Waals surface area contributed by atoms with E-state index < -0.39 is 0 Å². The number of rotatable bonds is 5. The van der Waals surface area contributed by atoms with Crippen LogP contribution in [-0.2, 0) is 12.8 Å². The van der Waals surface area contributed by atoms with Crippen LogP contribution in [0.3, 0.4) is 0 Å². The van der Waals surface area contributed by atoms with Crippen LogP contribution in [0.2, 0.25) is 0 Å². The van der Waals surface area contributed by atoms with Crippen LogP contribution in [0.25, 0.3) is 10.9 Å². The zero-order valence-electron chi connectivity index (χ0n) is 18.3. The molecule has 1 aliphatic rings. The number of fused-ring (bicyclic) bond motifs is 2. The van der Waals surface area contributed by atoms with Crippen LogP contribution >= 0.6 is 0 Å². The lowest BCUT2D eigenvalue weighted by atomic mass is 10.1. The number of amides is 1. The van der Waals surface area contributed by atoms with E-state index in [4.69, 9.17) is 9.72 Å². The Labute approximate surface area is 187 Å². The van der Waals surface area contributed by atoms with E-state index in [0.29, 0.717) is 5.56 Å². The summed E-state index contributed by atoms with van der Waals surface area (Å²) in [5.41, 5.74) is 5.86. The summed E-state index contributed by atoms with van der Waals surface area (Å²) in [4.78, 5) is 19.8. The summed E-state index contributed by atoms with van der Waals surface area (Å²) >= 11 is 0. The third-order valence-corrected chi connectivity index (χ3v) is 6.00. The molecule has 0 saturated heterocycles. The second kappa shape index (κ2) is 8.35. The molecule has 5 rings (SSSR count). The van der Waals surface area contributed by atoms with Crippen molar-refractivity contribution in [1.82, 2.24) is 4.98 Å². The average Bonchev–Trinajstić information content (AvgIpc) is 3.25.